The molecule has 0 atom stereocenters. The Morgan fingerprint density at radius 3 is 1.40 bits per heavy atom. The van der Waals surface area contributed by atoms with Crippen molar-refractivity contribution >= 4 is 39.2 Å². The van der Waals surface area contributed by atoms with Gasteiger partial charge in [0, 0.05) is 0 Å². The first-order valence-electron chi connectivity index (χ1n) is 6.41. The fraction of sp³-hybridized carbons (Fsp3) is 0.188. The van der Waals surface area contributed by atoms with E-state index in [1.165, 1.54) is 6.42 Å². The molecule has 0 fully saturated rings. The van der Waals surface area contributed by atoms with E-state index >= 15 is 0 Å². The van der Waals surface area contributed by atoms with E-state index in [2.05, 4.69) is 13.8 Å². The van der Waals surface area contributed by atoms with Crippen LogP contribution in [-0.2, 0) is 0 Å². The molecule has 0 unspecified atom stereocenters. The Hall–Kier alpha value is -0.166. The maximum Gasteiger partial charge on any atom is 1.00 e. The van der Waals surface area contributed by atoms with Crippen molar-refractivity contribution in [3.8, 4) is 0 Å². The summed E-state index contributed by atoms with van der Waals surface area (Å²) in [6.07, 6.45) is 2.28. The first kappa shape index (κ1) is 19.8. The summed E-state index contributed by atoms with van der Waals surface area (Å²) in [6, 6.07) is 19.7. The Morgan fingerprint density at radius 1 is 0.850 bits per heavy atom. The van der Waals surface area contributed by atoms with E-state index < -0.39 is 6.69 Å². The van der Waals surface area contributed by atoms with Gasteiger partial charge in [0.1, 0.15) is 0 Å². The number of halogens is 2. The molecule has 2 rings (SSSR count). The standard InChI is InChI=1S/C12H10Cl2Si.C4H9.Li/c13-15(14,11-7-3-1-4-8-11)12-9-5-2-6-10-12;1-3-4-2;/h1-10H;1,3-4H2,2H3;/q;-1;+1. The number of unbranched alkanes of at least 4 members (excludes halogenated alkanes) is 1. The average molecular weight is 317 g/mol. The smallest absolute Gasteiger partial charge is 0.343 e. The molecule has 0 saturated carbocycles. The summed E-state index contributed by atoms with van der Waals surface area (Å²) in [5, 5.41) is 2.05. The van der Waals surface area contributed by atoms with Crippen LogP contribution in [0.5, 0.6) is 0 Å². The van der Waals surface area contributed by atoms with E-state index in [9.17, 15) is 0 Å². The molecular formula is C16H19Cl2LiSi. The zero-order valence-electron chi connectivity index (χ0n) is 12.2. The largest absolute Gasteiger partial charge is 1.00 e. The summed E-state index contributed by atoms with van der Waals surface area (Å²) in [7, 11) is 0. The molecule has 0 spiro atoms. The van der Waals surface area contributed by atoms with Gasteiger partial charge >= 0.3 is 25.6 Å². The van der Waals surface area contributed by atoms with Gasteiger partial charge in [-0.1, -0.05) is 74.0 Å². The van der Waals surface area contributed by atoms with Crippen molar-refractivity contribution in [1.82, 2.24) is 0 Å². The minimum absolute atomic E-state index is 0. The average Bonchev–Trinajstić information content (AvgIpc) is 2.49. The summed E-state index contributed by atoms with van der Waals surface area (Å²) in [5.74, 6) is 0. The molecule has 0 heterocycles. The Kier molecular flexibility index (Phi) is 10.5. The van der Waals surface area contributed by atoms with Gasteiger partial charge in [-0.3, -0.25) is 0 Å². The number of hydrogen-bond donors (Lipinski definition) is 0. The maximum absolute atomic E-state index is 6.49. The van der Waals surface area contributed by atoms with Crippen LogP contribution in [0, 0.1) is 6.92 Å². The van der Waals surface area contributed by atoms with Crippen LogP contribution in [0.1, 0.15) is 19.8 Å². The summed E-state index contributed by atoms with van der Waals surface area (Å²) >= 11 is 13.0. The van der Waals surface area contributed by atoms with Crippen molar-refractivity contribution in [2.75, 3.05) is 0 Å². The number of benzene rings is 2. The molecule has 0 N–H and O–H groups in total. The van der Waals surface area contributed by atoms with Crippen LogP contribution in [0.25, 0.3) is 0 Å². The van der Waals surface area contributed by atoms with E-state index in [1.807, 2.05) is 60.7 Å². The summed E-state index contributed by atoms with van der Waals surface area (Å²) < 4.78 is 0. The zero-order chi connectivity index (χ0) is 14.1. The molecule has 0 bridgehead atoms. The number of hydrogen-bond acceptors (Lipinski definition) is 0. The molecule has 0 aliphatic carbocycles. The molecular weight excluding hydrogens is 298 g/mol. The Labute approximate surface area is 145 Å². The van der Waals surface area contributed by atoms with Crippen molar-refractivity contribution in [3.05, 3.63) is 67.6 Å². The van der Waals surface area contributed by atoms with Crippen LogP contribution in [0.3, 0.4) is 0 Å². The molecule has 0 aromatic heterocycles. The Bertz CT molecular complexity index is 417. The third-order valence-corrected chi connectivity index (χ3v) is 7.36. The molecule has 20 heavy (non-hydrogen) atoms. The van der Waals surface area contributed by atoms with Crippen LogP contribution in [0.4, 0.5) is 0 Å². The van der Waals surface area contributed by atoms with E-state index in [0.29, 0.717) is 0 Å². The van der Waals surface area contributed by atoms with Gasteiger partial charge in [-0.05, 0) is 10.4 Å². The summed E-state index contributed by atoms with van der Waals surface area (Å²) in [4.78, 5) is 0. The van der Waals surface area contributed by atoms with Crippen LogP contribution < -0.4 is 29.2 Å². The van der Waals surface area contributed by atoms with Crippen LogP contribution in [-0.4, -0.2) is 6.69 Å². The molecule has 2 aromatic carbocycles. The van der Waals surface area contributed by atoms with Crippen molar-refractivity contribution < 1.29 is 18.9 Å². The van der Waals surface area contributed by atoms with Crippen molar-refractivity contribution in [2.24, 2.45) is 0 Å². The van der Waals surface area contributed by atoms with Crippen LogP contribution >= 0.6 is 22.2 Å². The predicted octanol–water partition coefficient (Wildman–Crippen LogP) is 1.35. The molecule has 2 aromatic rings. The van der Waals surface area contributed by atoms with Gasteiger partial charge in [-0.2, -0.15) is 6.42 Å². The Morgan fingerprint density at radius 2 is 1.15 bits per heavy atom. The van der Waals surface area contributed by atoms with Gasteiger partial charge in [-0.15, -0.1) is 22.2 Å². The van der Waals surface area contributed by atoms with Crippen molar-refractivity contribution in [1.29, 1.82) is 0 Å². The van der Waals surface area contributed by atoms with Gasteiger partial charge < -0.3 is 6.92 Å². The normalized spacial score (nSPS) is 10.0. The second kappa shape index (κ2) is 10.5. The molecule has 0 amide bonds. The van der Waals surface area contributed by atoms with Crippen LogP contribution in [0.2, 0.25) is 0 Å². The van der Waals surface area contributed by atoms with Gasteiger partial charge in [0.25, 0.3) is 0 Å². The molecule has 102 valence electrons. The first-order chi connectivity index (χ1) is 9.12. The van der Waals surface area contributed by atoms with Crippen molar-refractivity contribution in [2.45, 2.75) is 19.8 Å². The molecule has 0 radical (unpaired) electrons. The third-order valence-electron chi connectivity index (χ3n) is 2.63. The summed E-state index contributed by atoms with van der Waals surface area (Å²) in [6.45, 7) is 3.21. The van der Waals surface area contributed by atoms with Crippen LogP contribution in [0.15, 0.2) is 60.7 Å². The van der Waals surface area contributed by atoms with Gasteiger partial charge in [0.2, 0.25) is 0 Å². The van der Waals surface area contributed by atoms with Gasteiger partial charge in [0.05, 0.1) is 0 Å². The van der Waals surface area contributed by atoms with Gasteiger partial charge in [0.15, 0.2) is 0 Å². The topological polar surface area (TPSA) is 0 Å². The molecule has 0 aliphatic rings. The zero-order valence-corrected chi connectivity index (χ0v) is 14.7. The van der Waals surface area contributed by atoms with Crippen molar-refractivity contribution in [3.63, 3.8) is 0 Å². The monoisotopic (exact) mass is 316 g/mol. The SMILES string of the molecule is Cl[Si](Cl)(c1ccccc1)c1ccccc1.[CH2-]CCC.[Li+]. The maximum atomic E-state index is 6.49. The third kappa shape index (κ3) is 6.08. The van der Waals surface area contributed by atoms with E-state index in [-0.39, 0.29) is 18.9 Å². The van der Waals surface area contributed by atoms with E-state index in [4.69, 9.17) is 22.2 Å². The fourth-order valence-electron chi connectivity index (χ4n) is 1.46. The molecule has 0 aliphatic heterocycles. The fourth-order valence-corrected chi connectivity index (χ4v) is 4.53. The molecule has 4 heteroatoms. The second-order valence-electron chi connectivity index (χ2n) is 4.16. The van der Waals surface area contributed by atoms with E-state index in [1.54, 1.807) is 0 Å². The molecule has 0 nitrogen and oxygen atoms in total. The Balaban J connectivity index is 0.000000644. The summed E-state index contributed by atoms with van der Waals surface area (Å²) in [5.41, 5.74) is 0. The first-order valence-corrected chi connectivity index (χ1v) is 10.4. The quantitative estimate of drug-likeness (QED) is 0.455. The molecule has 0 saturated heterocycles. The van der Waals surface area contributed by atoms with E-state index in [0.717, 1.165) is 16.8 Å². The minimum Gasteiger partial charge on any atom is -0.343 e. The second-order valence-corrected chi connectivity index (χ2v) is 10.4. The predicted molar refractivity (Wildman–Crippen MR) is 89.9 cm³/mol. The van der Waals surface area contributed by atoms with Gasteiger partial charge in [-0.25, -0.2) is 0 Å². The number of rotatable bonds is 3. The minimum atomic E-state index is -2.51.